The van der Waals surface area contributed by atoms with Crippen LogP contribution in [0, 0.1) is 10.1 Å². The lowest BCUT2D eigenvalue weighted by molar-refractivity contribution is -0.384. The Balaban J connectivity index is 2.26. The molecule has 1 aliphatic heterocycles. The number of carbonyl (C=O) groups is 1. The summed E-state index contributed by atoms with van der Waals surface area (Å²) in [4.78, 5) is 24.6. The molecule has 1 saturated heterocycles. The molecule has 1 aliphatic rings. The Bertz CT molecular complexity index is 514. The van der Waals surface area contributed by atoms with Crippen LogP contribution in [0.15, 0.2) is 6.20 Å². The monoisotopic (exact) mass is 269 g/mol. The van der Waals surface area contributed by atoms with Crippen LogP contribution < -0.4 is 4.90 Å². The number of aryl methyl sites for hydroxylation is 1. The van der Waals surface area contributed by atoms with Gasteiger partial charge in [-0.25, -0.2) is 9.48 Å². The van der Waals surface area contributed by atoms with Gasteiger partial charge in [-0.2, -0.15) is 5.10 Å². The Kier molecular flexibility index (Phi) is 3.28. The molecular weight excluding hydrogens is 254 g/mol. The first kappa shape index (κ1) is 13.1. The fourth-order valence-corrected chi connectivity index (χ4v) is 2.33. The number of anilines is 1. The van der Waals surface area contributed by atoms with Crippen molar-refractivity contribution in [2.75, 3.05) is 24.5 Å². The Morgan fingerprint density at radius 1 is 1.58 bits per heavy atom. The molecule has 0 spiro atoms. The van der Waals surface area contributed by atoms with E-state index in [9.17, 15) is 14.9 Å². The third-order valence-electron chi connectivity index (χ3n) is 3.26. The quantitative estimate of drug-likeness (QED) is 0.619. The van der Waals surface area contributed by atoms with Gasteiger partial charge in [-0.05, 0) is 6.92 Å². The molecule has 0 saturated carbocycles. The highest BCUT2D eigenvalue weighted by molar-refractivity contribution is 5.66. The standard InChI is InChI=1S/C10H15N5O4/c1-7-6-13(10(16)17)3-4-14(7)9-8(15(18)19)5-11-12(9)2/h5,7H,3-4,6H2,1-2H3,(H,16,17)/t7-/m1/s1. The Labute approximate surface area is 109 Å². The second-order valence-electron chi connectivity index (χ2n) is 4.51. The van der Waals surface area contributed by atoms with Gasteiger partial charge in [0.05, 0.1) is 4.92 Å². The lowest BCUT2D eigenvalue weighted by atomic mass is 10.2. The lowest BCUT2D eigenvalue weighted by Gasteiger charge is -2.39. The molecule has 9 nitrogen and oxygen atoms in total. The first-order chi connectivity index (χ1) is 8.91. The zero-order chi connectivity index (χ0) is 14.2. The van der Waals surface area contributed by atoms with Crippen LogP contribution in [-0.2, 0) is 7.05 Å². The number of nitrogens with zero attached hydrogens (tertiary/aromatic N) is 5. The maximum atomic E-state index is 11.0. The molecule has 2 heterocycles. The summed E-state index contributed by atoms with van der Waals surface area (Å²) in [6.07, 6.45) is 0.247. The number of amides is 1. The molecule has 0 aromatic carbocycles. The summed E-state index contributed by atoms with van der Waals surface area (Å²) in [5.41, 5.74) is -0.0573. The molecule has 1 fully saturated rings. The number of aromatic nitrogens is 2. The zero-order valence-corrected chi connectivity index (χ0v) is 10.7. The predicted molar refractivity (Wildman–Crippen MR) is 66.3 cm³/mol. The van der Waals surface area contributed by atoms with Gasteiger partial charge in [-0.1, -0.05) is 0 Å². The molecule has 9 heteroatoms. The average molecular weight is 269 g/mol. The van der Waals surface area contributed by atoms with Gasteiger partial charge in [0, 0.05) is 32.7 Å². The summed E-state index contributed by atoms with van der Waals surface area (Å²) in [5.74, 6) is 0.419. The SMILES string of the molecule is C[C@@H]1CN(C(=O)O)CCN1c1c([N+](=O)[O-])cnn1C. The highest BCUT2D eigenvalue weighted by Gasteiger charge is 2.33. The molecule has 1 atom stereocenters. The van der Waals surface area contributed by atoms with Crippen LogP contribution in [-0.4, -0.2) is 56.5 Å². The molecule has 0 bridgehead atoms. The van der Waals surface area contributed by atoms with Crippen molar-refractivity contribution in [3.63, 3.8) is 0 Å². The van der Waals surface area contributed by atoms with Gasteiger partial charge in [0.15, 0.2) is 0 Å². The molecule has 0 aliphatic carbocycles. The minimum Gasteiger partial charge on any atom is -0.465 e. The number of nitro groups is 1. The van der Waals surface area contributed by atoms with Crippen LogP contribution in [0.25, 0.3) is 0 Å². The molecule has 19 heavy (non-hydrogen) atoms. The number of carboxylic acid groups (broad SMARTS) is 1. The maximum Gasteiger partial charge on any atom is 0.407 e. The van der Waals surface area contributed by atoms with E-state index in [1.807, 2.05) is 11.8 Å². The van der Waals surface area contributed by atoms with E-state index < -0.39 is 11.0 Å². The maximum absolute atomic E-state index is 11.0. The molecule has 1 N–H and O–H groups in total. The number of piperazine rings is 1. The minimum atomic E-state index is -0.967. The summed E-state index contributed by atoms with van der Waals surface area (Å²) in [7, 11) is 1.64. The van der Waals surface area contributed by atoms with E-state index in [4.69, 9.17) is 5.11 Å². The largest absolute Gasteiger partial charge is 0.465 e. The van der Waals surface area contributed by atoms with E-state index in [1.165, 1.54) is 15.8 Å². The summed E-state index contributed by atoms with van der Waals surface area (Å²) < 4.78 is 1.45. The topological polar surface area (TPSA) is 105 Å². The van der Waals surface area contributed by atoms with Gasteiger partial charge >= 0.3 is 11.8 Å². The molecule has 104 valence electrons. The first-order valence-electron chi connectivity index (χ1n) is 5.82. The van der Waals surface area contributed by atoms with E-state index in [2.05, 4.69) is 5.10 Å². The van der Waals surface area contributed by atoms with Gasteiger partial charge in [0.25, 0.3) is 0 Å². The van der Waals surface area contributed by atoms with Crippen LogP contribution in [0.2, 0.25) is 0 Å². The van der Waals surface area contributed by atoms with Crippen molar-refractivity contribution >= 4 is 17.6 Å². The highest BCUT2D eigenvalue weighted by atomic mass is 16.6. The third-order valence-corrected chi connectivity index (χ3v) is 3.26. The van der Waals surface area contributed by atoms with Crippen LogP contribution in [0.5, 0.6) is 0 Å². The average Bonchev–Trinajstić information content (AvgIpc) is 2.71. The second kappa shape index (κ2) is 4.75. The van der Waals surface area contributed by atoms with Crippen LogP contribution in [0.1, 0.15) is 6.92 Å². The molecule has 2 rings (SSSR count). The summed E-state index contributed by atoms with van der Waals surface area (Å²) in [6.45, 7) is 2.89. The number of hydrogen-bond acceptors (Lipinski definition) is 5. The normalized spacial score (nSPS) is 19.6. The summed E-state index contributed by atoms with van der Waals surface area (Å²) >= 11 is 0. The number of rotatable bonds is 2. The van der Waals surface area contributed by atoms with Crippen molar-refractivity contribution in [1.29, 1.82) is 0 Å². The van der Waals surface area contributed by atoms with E-state index >= 15 is 0 Å². The van der Waals surface area contributed by atoms with Gasteiger partial charge < -0.3 is 14.9 Å². The van der Waals surface area contributed by atoms with Crippen molar-refractivity contribution in [2.24, 2.45) is 7.05 Å². The van der Waals surface area contributed by atoms with Crippen LogP contribution >= 0.6 is 0 Å². The van der Waals surface area contributed by atoms with Crippen LogP contribution in [0.3, 0.4) is 0 Å². The molecule has 0 unspecified atom stereocenters. The minimum absolute atomic E-state index is 0.0573. The fraction of sp³-hybridized carbons (Fsp3) is 0.600. The third kappa shape index (κ3) is 2.30. The molecule has 1 aromatic rings. The van der Waals surface area contributed by atoms with Gasteiger partial charge in [0.1, 0.15) is 6.20 Å². The Morgan fingerprint density at radius 2 is 2.26 bits per heavy atom. The smallest absolute Gasteiger partial charge is 0.407 e. The van der Waals surface area contributed by atoms with Crippen LogP contribution in [0.4, 0.5) is 16.3 Å². The molecule has 0 radical (unpaired) electrons. The van der Waals surface area contributed by atoms with Crippen molar-refractivity contribution < 1.29 is 14.8 Å². The molecule has 1 aromatic heterocycles. The second-order valence-corrected chi connectivity index (χ2v) is 4.51. The van der Waals surface area contributed by atoms with Crippen molar-refractivity contribution in [3.8, 4) is 0 Å². The van der Waals surface area contributed by atoms with Crippen molar-refractivity contribution in [3.05, 3.63) is 16.3 Å². The van der Waals surface area contributed by atoms with E-state index in [0.717, 1.165) is 0 Å². The summed E-state index contributed by atoms with van der Waals surface area (Å²) in [6, 6.07) is -0.140. The Hall–Kier alpha value is -2.32. The highest BCUT2D eigenvalue weighted by Crippen LogP contribution is 2.29. The fourth-order valence-electron chi connectivity index (χ4n) is 2.33. The predicted octanol–water partition coefficient (Wildman–Crippen LogP) is 0.517. The summed E-state index contributed by atoms with van der Waals surface area (Å²) in [5, 5.41) is 23.8. The van der Waals surface area contributed by atoms with Crippen molar-refractivity contribution in [1.82, 2.24) is 14.7 Å². The Morgan fingerprint density at radius 3 is 2.79 bits per heavy atom. The number of hydrogen-bond donors (Lipinski definition) is 1. The molecule has 1 amide bonds. The van der Waals surface area contributed by atoms with E-state index in [0.29, 0.717) is 25.5 Å². The van der Waals surface area contributed by atoms with Gasteiger partial charge in [-0.15, -0.1) is 0 Å². The zero-order valence-electron chi connectivity index (χ0n) is 10.7. The van der Waals surface area contributed by atoms with E-state index in [1.54, 1.807) is 7.05 Å². The van der Waals surface area contributed by atoms with Gasteiger partial charge in [-0.3, -0.25) is 10.1 Å². The van der Waals surface area contributed by atoms with Gasteiger partial charge in [0.2, 0.25) is 5.82 Å². The van der Waals surface area contributed by atoms with Crippen molar-refractivity contribution in [2.45, 2.75) is 13.0 Å². The lowest BCUT2D eigenvalue weighted by Crippen LogP contribution is -2.54. The first-order valence-corrected chi connectivity index (χ1v) is 5.82. The van der Waals surface area contributed by atoms with E-state index in [-0.39, 0.29) is 11.7 Å². The molecular formula is C10H15N5O4.